The van der Waals surface area contributed by atoms with Crippen molar-refractivity contribution in [2.45, 2.75) is 6.54 Å². The molecule has 0 unspecified atom stereocenters. The molecule has 0 aliphatic carbocycles. The van der Waals surface area contributed by atoms with Gasteiger partial charge in [-0.2, -0.15) is 0 Å². The summed E-state index contributed by atoms with van der Waals surface area (Å²) in [6.07, 6.45) is 3.32. The van der Waals surface area contributed by atoms with Crippen LogP contribution in [0, 0.1) is 0 Å². The van der Waals surface area contributed by atoms with E-state index in [0.29, 0.717) is 31.6 Å². The molecule has 3 nitrogen and oxygen atoms in total. The molecule has 0 bridgehead atoms. The average Bonchev–Trinajstić information content (AvgIpc) is 3.08. The molecule has 1 saturated heterocycles. The summed E-state index contributed by atoms with van der Waals surface area (Å²) in [6.45, 7) is 0.330. The highest BCUT2D eigenvalue weighted by Crippen LogP contribution is 2.34. The van der Waals surface area contributed by atoms with E-state index in [4.69, 9.17) is 39.8 Å². The van der Waals surface area contributed by atoms with Crippen molar-refractivity contribution >= 4 is 63.5 Å². The van der Waals surface area contributed by atoms with Crippen LogP contribution in [-0.2, 0) is 11.3 Å². The molecule has 1 amide bonds. The van der Waals surface area contributed by atoms with Crippen molar-refractivity contribution in [1.29, 1.82) is 0 Å². The van der Waals surface area contributed by atoms with Crippen LogP contribution in [0.15, 0.2) is 45.9 Å². The first-order valence-electron chi connectivity index (χ1n) is 6.27. The van der Waals surface area contributed by atoms with Crippen LogP contribution in [0.2, 0.25) is 10.0 Å². The summed E-state index contributed by atoms with van der Waals surface area (Å²) in [7, 11) is 0. The second kappa shape index (κ2) is 6.46. The fourth-order valence-electron chi connectivity index (χ4n) is 1.95. The summed E-state index contributed by atoms with van der Waals surface area (Å²) in [4.78, 5) is 14.5. The van der Waals surface area contributed by atoms with Crippen LogP contribution in [0.5, 0.6) is 0 Å². The Bertz CT molecular complexity index is 772. The van der Waals surface area contributed by atoms with Crippen molar-refractivity contribution in [2.75, 3.05) is 0 Å². The molecule has 1 fully saturated rings. The minimum Gasteiger partial charge on any atom is -0.467 e. The summed E-state index contributed by atoms with van der Waals surface area (Å²) in [5.41, 5.74) is 0.799. The lowest BCUT2D eigenvalue weighted by Gasteiger charge is -2.11. The monoisotopic (exact) mass is 369 g/mol. The van der Waals surface area contributed by atoms with E-state index in [-0.39, 0.29) is 5.91 Å². The molecule has 7 heteroatoms. The lowest BCUT2D eigenvalue weighted by atomic mass is 10.2. The molecule has 1 aromatic heterocycles. The van der Waals surface area contributed by atoms with E-state index in [1.54, 1.807) is 42.7 Å². The number of halogens is 2. The summed E-state index contributed by atoms with van der Waals surface area (Å²) < 4.78 is 5.77. The third-order valence-electron chi connectivity index (χ3n) is 3.01. The zero-order valence-electron chi connectivity index (χ0n) is 11.1. The van der Waals surface area contributed by atoms with Gasteiger partial charge < -0.3 is 4.42 Å². The summed E-state index contributed by atoms with van der Waals surface area (Å²) in [6, 6.07) is 8.79. The Labute approximate surface area is 146 Å². The van der Waals surface area contributed by atoms with E-state index < -0.39 is 0 Å². The van der Waals surface area contributed by atoms with Crippen LogP contribution in [-0.4, -0.2) is 15.1 Å². The lowest BCUT2D eigenvalue weighted by Crippen LogP contribution is -2.27. The summed E-state index contributed by atoms with van der Waals surface area (Å²) >= 11 is 18.4. The predicted molar refractivity (Wildman–Crippen MR) is 93.9 cm³/mol. The number of thioether (sulfide) groups is 1. The number of amides is 1. The van der Waals surface area contributed by atoms with Gasteiger partial charge in [-0.1, -0.05) is 53.2 Å². The molecule has 2 heterocycles. The zero-order chi connectivity index (χ0) is 15.7. The molecule has 2 aromatic rings. The Kier molecular flexibility index (Phi) is 4.59. The molecule has 0 radical (unpaired) electrons. The van der Waals surface area contributed by atoms with Gasteiger partial charge in [0.1, 0.15) is 10.1 Å². The van der Waals surface area contributed by atoms with Crippen molar-refractivity contribution in [3.63, 3.8) is 0 Å². The Balaban J connectivity index is 1.83. The molecule has 0 saturated carbocycles. The number of hydrogen-bond donors (Lipinski definition) is 0. The number of furan rings is 1. The Morgan fingerprint density at radius 1 is 1.27 bits per heavy atom. The third kappa shape index (κ3) is 3.22. The van der Waals surface area contributed by atoms with E-state index in [0.717, 1.165) is 5.56 Å². The van der Waals surface area contributed by atoms with Crippen LogP contribution >= 0.6 is 47.2 Å². The van der Waals surface area contributed by atoms with E-state index in [2.05, 4.69) is 0 Å². The summed E-state index contributed by atoms with van der Waals surface area (Å²) in [5.74, 6) is 0.546. The molecular formula is C15H9Cl2NO2S2. The largest absolute Gasteiger partial charge is 0.467 e. The highest BCUT2D eigenvalue weighted by molar-refractivity contribution is 8.26. The zero-order valence-corrected chi connectivity index (χ0v) is 14.2. The van der Waals surface area contributed by atoms with Crippen LogP contribution in [0.25, 0.3) is 6.08 Å². The molecule has 112 valence electrons. The van der Waals surface area contributed by atoms with Crippen molar-refractivity contribution in [2.24, 2.45) is 0 Å². The maximum Gasteiger partial charge on any atom is 0.266 e. The van der Waals surface area contributed by atoms with Gasteiger partial charge in [0.25, 0.3) is 5.91 Å². The molecule has 22 heavy (non-hydrogen) atoms. The van der Waals surface area contributed by atoms with Gasteiger partial charge in [-0.05, 0) is 35.9 Å². The molecule has 0 spiro atoms. The van der Waals surface area contributed by atoms with E-state index in [9.17, 15) is 4.79 Å². The predicted octanol–water partition coefficient (Wildman–Crippen LogP) is 4.99. The minimum absolute atomic E-state index is 0.141. The van der Waals surface area contributed by atoms with Gasteiger partial charge in [0.05, 0.1) is 27.8 Å². The third-order valence-corrected chi connectivity index (χ3v) is 5.13. The average molecular weight is 370 g/mol. The Morgan fingerprint density at radius 2 is 2.09 bits per heavy atom. The van der Waals surface area contributed by atoms with Crippen LogP contribution < -0.4 is 0 Å². The molecule has 0 atom stereocenters. The van der Waals surface area contributed by atoms with Gasteiger partial charge in [0.15, 0.2) is 0 Å². The molecule has 1 aliphatic rings. The molecule has 0 N–H and O–H groups in total. The first-order valence-corrected chi connectivity index (χ1v) is 8.25. The number of nitrogens with zero attached hydrogens (tertiary/aromatic N) is 1. The van der Waals surface area contributed by atoms with Gasteiger partial charge in [-0.15, -0.1) is 0 Å². The number of rotatable bonds is 3. The summed E-state index contributed by atoms with van der Waals surface area (Å²) in [5, 5.41) is 0.922. The van der Waals surface area contributed by atoms with Crippen LogP contribution in [0.3, 0.4) is 0 Å². The topological polar surface area (TPSA) is 33.5 Å². The van der Waals surface area contributed by atoms with Gasteiger partial charge in [0, 0.05) is 0 Å². The standard InChI is InChI=1S/C15H9Cl2NO2S2/c16-11-4-3-9(6-12(11)17)7-13-14(19)18(15(21)22-13)8-10-2-1-5-20-10/h1-7H,8H2/b13-7-. The van der Waals surface area contributed by atoms with E-state index in [1.807, 2.05) is 0 Å². The van der Waals surface area contributed by atoms with Crippen molar-refractivity contribution in [3.8, 4) is 0 Å². The number of carbonyl (C=O) groups is 1. The highest BCUT2D eigenvalue weighted by atomic mass is 35.5. The number of carbonyl (C=O) groups excluding carboxylic acids is 1. The van der Waals surface area contributed by atoms with Crippen molar-refractivity contribution in [1.82, 2.24) is 4.90 Å². The molecule has 3 rings (SSSR count). The molecule has 1 aromatic carbocycles. The quantitative estimate of drug-likeness (QED) is 0.563. The lowest BCUT2D eigenvalue weighted by molar-refractivity contribution is -0.122. The van der Waals surface area contributed by atoms with Gasteiger partial charge in [-0.25, -0.2) is 0 Å². The molecule has 1 aliphatic heterocycles. The van der Waals surface area contributed by atoms with Gasteiger partial charge >= 0.3 is 0 Å². The highest BCUT2D eigenvalue weighted by Gasteiger charge is 2.32. The Hall–Kier alpha value is -1.27. The Morgan fingerprint density at radius 3 is 2.77 bits per heavy atom. The van der Waals surface area contributed by atoms with Crippen molar-refractivity contribution in [3.05, 3.63) is 62.9 Å². The van der Waals surface area contributed by atoms with Gasteiger partial charge in [-0.3, -0.25) is 9.69 Å². The fourth-order valence-corrected chi connectivity index (χ4v) is 3.51. The fraction of sp³-hybridized carbons (Fsp3) is 0.0667. The SMILES string of the molecule is O=C1/C(=C/c2ccc(Cl)c(Cl)c2)SC(=S)N1Cc1ccco1. The van der Waals surface area contributed by atoms with Crippen LogP contribution in [0.4, 0.5) is 0 Å². The van der Waals surface area contributed by atoms with E-state index in [1.165, 1.54) is 16.7 Å². The van der Waals surface area contributed by atoms with Crippen molar-refractivity contribution < 1.29 is 9.21 Å². The smallest absolute Gasteiger partial charge is 0.266 e. The number of hydrogen-bond acceptors (Lipinski definition) is 4. The second-order valence-electron chi connectivity index (χ2n) is 4.52. The maximum atomic E-state index is 12.4. The first-order chi connectivity index (χ1) is 10.5. The minimum atomic E-state index is -0.141. The maximum absolute atomic E-state index is 12.4. The van der Waals surface area contributed by atoms with Gasteiger partial charge in [0.2, 0.25) is 0 Å². The second-order valence-corrected chi connectivity index (χ2v) is 7.01. The normalized spacial score (nSPS) is 16.8. The number of thiocarbonyl (C=S) groups is 1. The van der Waals surface area contributed by atoms with Crippen LogP contribution in [0.1, 0.15) is 11.3 Å². The van der Waals surface area contributed by atoms with E-state index >= 15 is 0 Å². The molecular weight excluding hydrogens is 361 g/mol. The number of benzene rings is 1. The first kappa shape index (κ1) is 15.6.